The van der Waals surface area contributed by atoms with Crippen LogP contribution < -0.4 is 11.1 Å². The third-order valence-corrected chi connectivity index (χ3v) is 5.14. The molecule has 4 nitrogen and oxygen atoms in total. The summed E-state index contributed by atoms with van der Waals surface area (Å²) in [6.07, 6.45) is 7.51. The average molecular weight is 268 g/mol. The maximum absolute atomic E-state index is 6.66. The highest BCUT2D eigenvalue weighted by Gasteiger charge is 2.35. The number of nitrogens with one attached hydrogen (secondary N) is 1. The van der Waals surface area contributed by atoms with Crippen molar-refractivity contribution in [3.8, 4) is 0 Å². The van der Waals surface area contributed by atoms with Crippen LogP contribution in [0.15, 0.2) is 0 Å². The van der Waals surface area contributed by atoms with Gasteiger partial charge >= 0.3 is 0 Å². The van der Waals surface area contributed by atoms with Gasteiger partial charge in [-0.15, -0.1) is 0 Å². The first-order valence-corrected chi connectivity index (χ1v) is 8.01. The van der Waals surface area contributed by atoms with Crippen molar-refractivity contribution in [2.75, 3.05) is 46.8 Å². The second kappa shape index (κ2) is 7.02. The summed E-state index contributed by atoms with van der Waals surface area (Å²) < 4.78 is 0. The van der Waals surface area contributed by atoms with Gasteiger partial charge in [-0.2, -0.15) is 0 Å². The van der Waals surface area contributed by atoms with E-state index in [4.69, 9.17) is 5.73 Å². The van der Waals surface area contributed by atoms with Gasteiger partial charge in [0.05, 0.1) is 0 Å². The Morgan fingerprint density at radius 2 is 1.95 bits per heavy atom. The van der Waals surface area contributed by atoms with Gasteiger partial charge in [0.15, 0.2) is 0 Å². The van der Waals surface area contributed by atoms with E-state index in [0.717, 1.165) is 0 Å². The molecular weight excluding hydrogens is 236 g/mol. The van der Waals surface area contributed by atoms with Crippen molar-refractivity contribution >= 4 is 0 Å². The lowest BCUT2D eigenvalue weighted by atomic mass is 9.75. The van der Waals surface area contributed by atoms with E-state index < -0.39 is 0 Å². The van der Waals surface area contributed by atoms with Crippen LogP contribution in [-0.2, 0) is 0 Å². The average Bonchev–Trinajstić information content (AvgIpc) is 2.41. The summed E-state index contributed by atoms with van der Waals surface area (Å²) in [6.45, 7) is 6.11. The Labute approximate surface area is 118 Å². The lowest BCUT2D eigenvalue weighted by Gasteiger charge is -2.42. The van der Waals surface area contributed by atoms with Gasteiger partial charge in [-0.1, -0.05) is 12.8 Å². The van der Waals surface area contributed by atoms with Gasteiger partial charge in [0.25, 0.3) is 0 Å². The maximum Gasteiger partial charge on any atom is 0.0310 e. The summed E-state index contributed by atoms with van der Waals surface area (Å²) in [5.74, 6) is 0. The van der Waals surface area contributed by atoms with Crippen LogP contribution in [0.2, 0.25) is 0 Å². The van der Waals surface area contributed by atoms with Crippen molar-refractivity contribution in [1.82, 2.24) is 15.1 Å². The molecule has 19 heavy (non-hydrogen) atoms. The molecule has 0 radical (unpaired) electrons. The van der Waals surface area contributed by atoms with Crippen LogP contribution >= 0.6 is 0 Å². The maximum atomic E-state index is 6.66. The summed E-state index contributed by atoms with van der Waals surface area (Å²) in [7, 11) is 4.28. The first-order valence-electron chi connectivity index (χ1n) is 8.01. The molecule has 2 atom stereocenters. The first kappa shape index (κ1) is 15.2. The van der Waals surface area contributed by atoms with Crippen molar-refractivity contribution in [1.29, 1.82) is 0 Å². The molecule has 0 amide bonds. The van der Waals surface area contributed by atoms with Crippen LogP contribution in [0.25, 0.3) is 0 Å². The minimum absolute atomic E-state index is 0.0412. The van der Waals surface area contributed by atoms with Crippen molar-refractivity contribution in [3.05, 3.63) is 0 Å². The molecule has 4 heteroatoms. The van der Waals surface area contributed by atoms with E-state index in [9.17, 15) is 0 Å². The zero-order valence-electron chi connectivity index (χ0n) is 12.8. The monoisotopic (exact) mass is 268 g/mol. The normalized spacial score (nSPS) is 34.6. The number of piperazine rings is 1. The second-order valence-corrected chi connectivity index (χ2v) is 6.57. The topological polar surface area (TPSA) is 44.5 Å². The van der Waals surface area contributed by atoms with Gasteiger partial charge in [-0.05, 0) is 46.3 Å². The second-order valence-electron chi connectivity index (χ2n) is 6.57. The molecular formula is C15H32N4. The van der Waals surface area contributed by atoms with Crippen LogP contribution in [0.4, 0.5) is 0 Å². The molecule has 0 aromatic heterocycles. The number of nitrogens with zero attached hydrogens (tertiary/aromatic N) is 2. The Hall–Kier alpha value is -0.160. The quantitative estimate of drug-likeness (QED) is 0.777. The van der Waals surface area contributed by atoms with Gasteiger partial charge in [-0.25, -0.2) is 0 Å². The van der Waals surface area contributed by atoms with Gasteiger partial charge in [-0.3, -0.25) is 0 Å². The third kappa shape index (κ3) is 4.15. The molecule has 0 aromatic rings. The van der Waals surface area contributed by atoms with Crippen molar-refractivity contribution in [2.45, 2.75) is 50.1 Å². The van der Waals surface area contributed by atoms with E-state index in [1.807, 2.05) is 0 Å². The largest absolute Gasteiger partial charge is 0.324 e. The molecule has 2 aliphatic rings. The molecule has 2 fully saturated rings. The molecule has 3 N–H and O–H groups in total. The van der Waals surface area contributed by atoms with E-state index in [2.05, 4.69) is 29.2 Å². The number of hydrogen-bond acceptors (Lipinski definition) is 4. The van der Waals surface area contributed by atoms with Crippen molar-refractivity contribution in [2.24, 2.45) is 5.73 Å². The summed E-state index contributed by atoms with van der Waals surface area (Å²) >= 11 is 0. The van der Waals surface area contributed by atoms with Gasteiger partial charge in [0.2, 0.25) is 0 Å². The molecule has 1 heterocycles. The smallest absolute Gasteiger partial charge is 0.0310 e. The Morgan fingerprint density at radius 3 is 2.63 bits per heavy atom. The zero-order chi connectivity index (χ0) is 13.7. The molecule has 1 aliphatic carbocycles. The van der Waals surface area contributed by atoms with Crippen LogP contribution in [0.1, 0.15) is 38.5 Å². The van der Waals surface area contributed by atoms with Gasteiger partial charge in [0.1, 0.15) is 0 Å². The van der Waals surface area contributed by atoms with Gasteiger partial charge in [0, 0.05) is 37.8 Å². The van der Waals surface area contributed by atoms with E-state index in [1.54, 1.807) is 0 Å². The Balaban J connectivity index is 1.71. The zero-order valence-corrected chi connectivity index (χ0v) is 12.8. The molecule has 0 spiro atoms. The molecule has 112 valence electrons. The first-order chi connectivity index (χ1) is 9.14. The Bertz CT molecular complexity index is 263. The highest BCUT2D eigenvalue weighted by molar-refractivity contribution is 4.98. The summed E-state index contributed by atoms with van der Waals surface area (Å²) in [5, 5.41) is 3.44. The number of hydrogen-bond donors (Lipinski definition) is 2. The minimum atomic E-state index is 0.0412. The van der Waals surface area contributed by atoms with E-state index in [1.165, 1.54) is 71.2 Å². The van der Waals surface area contributed by atoms with Crippen molar-refractivity contribution in [3.63, 3.8) is 0 Å². The van der Waals surface area contributed by atoms with E-state index in [0.29, 0.717) is 6.04 Å². The molecule has 1 saturated carbocycles. The predicted octanol–water partition coefficient (Wildman–Crippen LogP) is 0.874. The number of nitrogens with two attached hydrogens (primary N) is 1. The predicted molar refractivity (Wildman–Crippen MR) is 81.4 cm³/mol. The lowest BCUT2D eigenvalue weighted by Crippen LogP contribution is -2.58. The van der Waals surface area contributed by atoms with Gasteiger partial charge < -0.3 is 20.9 Å². The fourth-order valence-electron chi connectivity index (χ4n) is 3.70. The van der Waals surface area contributed by atoms with Crippen LogP contribution in [-0.4, -0.2) is 68.2 Å². The number of rotatable bonds is 5. The van der Waals surface area contributed by atoms with E-state index >= 15 is 0 Å². The van der Waals surface area contributed by atoms with Crippen LogP contribution in [0, 0.1) is 0 Å². The van der Waals surface area contributed by atoms with E-state index in [-0.39, 0.29) is 5.54 Å². The molecule has 1 saturated heterocycles. The highest BCUT2D eigenvalue weighted by Crippen LogP contribution is 2.30. The lowest BCUT2D eigenvalue weighted by molar-refractivity contribution is 0.141. The minimum Gasteiger partial charge on any atom is -0.324 e. The fourth-order valence-corrected chi connectivity index (χ4v) is 3.70. The third-order valence-electron chi connectivity index (χ3n) is 5.14. The van der Waals surface area contributed by atoms with Crippen LogP contribution in [0.5, 0.6) is 0 Å². The molecule has 1 aliphatic heterocycles. The summed E-state index contributed by atoms with van der Waals surface area (Å²) in [4.78, 5) is 5.01. The van der Waals surface area contributed by atoms with Crippen LogP contribution in [0.3, 0.4) is 0 Å². The molecule has 0 aromatic carbocycles. The van der Waals surface area contributed by atoms with Crippen molar-refractivity contribution < 1.29 is 0 Å². The standard InChI is InChI=1S/C15H32N4/c1-17-14-6-3-4-7-15(14,16)8-5-9-19-12-10-18(2)11-13-19/h14,17H,3-13,16H2,1-2H3. The Kier molecular flexibility index (Phi) is 5.63. The molecule has 2 rings (SSSR count). The number of likely N-dealkylation sites (N-methyl/N-ethyl adjacent to an activating group) is 2. The fraction of sp³-hybridized carbons (Fsp3) is 1.00. The SMILES string of the molecule is CNC1CCCCC1(N)CCCN1CCN(C)CC1. The highest BCUT2D eigenvalue weighted by atomic mass is 15.2. The summed E-state index contributed by atoms with van der Waals surface area (Å²) in [6, 6.07) is 0.522. The molecule has 2 unspecified atom stereocenters. The summed E-state index contributed by atoms with van der Waals surface area (Å²) in [5.41, 5.74) is 6.70. The molecule has 0 bridgehead atoms. The Morgan fingerprint density at radius 1 is 1.21 bits per heavy atom.